The number of hydrogen-bond acceptors (Lipinski definition) is 2. The van der Waals surface area contributed by atoms with E-state index in [9.17, 15) is 0 Å². The van der Waals surface area contributed by atoms with Crippen LogP contribution in [0.3, 0.4) is 0 Å². The highest BCUT2D eigenvalue weighted by molar-refractivity contribution is 5.96. The van der Waals surface area contributed by atoms with Crippen LogP contribution in [0.15, 0.2) is 24.3 Å². The summed E-state index contributed by atoms with van der Waals surface area (Å²) in [6, 6.07) is 9.53. The molecule has 0 atom stereocenters. The first-order valence-electron chi connectivity index (χ1n) is 5.16. The molecule has 0 radical (unpaired) electrons. The van der Waals surface area contributed by atoms with E-state index in [1.54, 1.807) is 12.1 Å². The molecule has 76 valence electrons. The molecule has 2 rings (SSSR count). The van der Waals surface area contributed by atoms with Gasteiger partial charge in [-0.3, -0.25) is 5.41 Å². The molecule has 0 bridgehead atoms. The lowest BCUT2D eigenvalue weighted by Gasteiger charge is -2.29. The van der Waals surface area contributed by atoms with Crippen LogP contribution in [0.2, 0.25) is 0 Å². The number of amidine groups is 1. The smallest absolute Gasteiger partial charge is 0.100 e. The Labute approximate surface area is 89.5 Å². The average Bonchev–Trinajstić information content (AvgIpc) is 2.30. The molecule has 1 saturated heterocycles. The summed E-state index contributed by atoms with van der Waals surface area (Å²) < 4.78 is 0. The first-order chi connectivity index (χ1) is 7.31. The van der Waals surface area contributed by atoms with Gasteiger partial charge in [0.25, 0.3) is 0 Å². The van der Waals surface area contributed by atoms with E-state index in [1.807, 2.05) is 17.0 Å². The standard InChI is InChI=1S/C12H13N3/c13-9-10-4-6-11(7-5-10)15-8-2-1-3-12(15)14/h4-7,14H,1-3,8H2. The molecule has 15 heavy (non-hydrogen) atoms. The number of hydrogen-bond donors (Lipinski definition) is 1. The largest absolute Gasteiger partial charge is 0.330 e. The van der Waals surface area contributed by atoms with Crippen LogP contribution in [-0.4, -0.2) is 12.4 Å². The second-order valence-electron chi connectivity index (χ2n) is 3.71. The molecule has 1 aliphatic rings. The van der Waals surface area contributed by atoms with E-state index < -0.39 is 0 Å². The maximum Gasteiger partial charge on any atom is 0.100 e. The molecular weight excluding hydrogens is 186 g/mol. The Balaban J connectivity index is 2.21. The van der Waals surface area contributed by atoms with Crippen molar-refractivity contribution in [3.63, 3.8) is 0 Å². The van der Waals surface area contributed by atoms with E-state index in [-0.39, 0.29) is 0 Å². The number of nitrogens with zero attached hydrogens (tertiary/aromatic N) is 2. The SMILES string of the molecule is N#Cc1ccc(N2CCCCC2=N)cc1. The minimum absolute atomic E-state index is 0.669. The zero-order valence-electron chi connectivity index (χ0n) is 8.53. The molecule has 0 amide bonds. The lowest BCUT2D eigenvalue weighted by atomic mass is 10.1. The fraction of sp³-hybridized carbons (Fsp3) is 0.333. The summed E-state index contributed by atoms with van der Waals surface area (Å²) in [7, 11) is 0. The molecule has 0 aliphatic carbocycles. The van der Waals surface area contributed by atoms with E-state index in [4.69, 9.17) is 10.7 Å². The lowest BCUT2D eigenvalue weighted by Crippen LogP contribution is -2.34. The van der Waals surface area contributed by atoms with Crippen molar-refractivity contribution in [3.8, 4) is 6.07 Å². The predicted molar refractivity (Wildman–Crippen MR) is 60.1 cm³/mol. The van der Waals surface area contributed by atoms with Gasteiger partial charge >= 0.3 is 0 Å². The van der Waals surface area contributed by atoms with Crippen molar-refractivity contribution in [1.29, 1.82) is 10.7 Å². The number of benzene rings is 1. The molecule has 1 heterocycles. The molecule has 3 nitrogen and oxygen atoms in total. The van der Waals surface area contributed by atoms with Crippen LogP contribution < -0.4 is 4.90 Å². The Morgan fingerprint density at radius 3 is 2.53 bits per heavy atom. The first-order valence-corrected chi connectivity index (χ1v) is 5.16. The molecule has 0 saturated carbocycles. The van der Waals surface area contributed by atoms with E-state index in [1.165, 1.54) is 0 Å². The number of anilines is 1. The van der Waals surface area contributed by atoms with Crippen LogP contribution in [0.25, 0.3) is 0 Å². The molecule has 1 aliphatic heterocycles. The molecule has 1 aromatic rings. The molecule has 1 fully saturated rings. The van der Waals surface area contributed by atoms with Crippen LogP contribution >= 0.6 is 0 Å². The summed E-state index contributed by atoms with van der Waals surface area (Å²) in [6.07, 6.45) is 3.12. The summed E-state index contributed by atoms with van der Waals surface area (Å²) in [4.78, 5) is 2.02. The molecule has 0 spiro atoms. The van der Waals surface area contributed by atoms with Gasteiger partial charge in [0, 0.05) is 18.7 Å². The monoisotopic (exact) mass is 199 g/mol. The normalized spacial score (nSPS) is 16.2. The number of rotatable bonds is 1. The Morgan fingerprint density at radius 2 is 1.93 bits per heavy atom. The zero-order valence-corrected chi connectivity index (χ0v) is 8.53. The van der Waals surface area contributed by atoms with Gasteiger partial charge in [0.15, 0.2) is 0 Å². The van der Waals surface area contributed by atoms with Gasteiger partial charge in [-0.15, -0.1) is 0 Å². The van der Waals surface area contributed by atoms with Gasteiger partial charge < -0.3 is 4.90 Å². The molecular formula is C12H13N3. The third-order valence-corrected chi connectivity index (χ3v) is 2.68. The van der Waals surface area contributed by atoms with Crippen LogP contribution in [0.5, 0.6) is 0 Å². The van der Waals surface area contributed by atoms with Gasteiger partial charge in [-0.25, -0.2) is 0 Å². The van der Waals surface area contributed by atoms with E-state index in [0.717, 1.165) is 31.5 Å². The topological polar surface area (TPSA) is 50.9 Å². The number of nitrogens with one attached hydrogen (secondary N) is 1. The van der Waals surface area contributed by atoms with Crippen molar-refractivity contribution in [3.05, 3.63) is 29.8 Å². The molecule has 0 unspecified atom stereocenters. The van der Waals surface area contributed by atoms with Crippen molar-refractivity contribution >= 4 is 11.5 Å². The van der Waals surface area contributed by atoms with Gasteiger partial charge in [0.05, 0.1) is 11.6 Å². The van der Waals surface area contributed by atoms with Crippen LogP contribution in [-0.2, 0) is 0 Å². The second kappa shape index (κ2) is 4.14. The third kappa shape index (κ3) is 1.99. The Morgan fingerprint density at radius 1 is 1.20 bits per heavy atom. The fourth-order valence-corrected chi connectivity index (χ4v) is 1.83. The predicted octanol–water partition coefficient (Wildman–Crippen LogP) is 2.53. The van der Waals surface area contributed by atoms with Crippen LogP contribution in [0.4, 0.5) is 5.69 Å². The van der Waals surface area contributed by atoms with Gasteiger partial charge in [-0.2, -0.15) is 5.26 Å². The van der Waals surface area contributed by atoms with Gasteiger partial charge in [-0.05, 0) is 37.1 Å². The zero-order chi connectivity index (χ0) is 10.7. The Hall–Kier alpha value is -1.82. The van der Waals surface area contributed by atoms with E-state index in [0.29, 0.717) is 11.4 Å². The highest BCUT2D eigenvalue weighted by Crippen LogP contribution is 2.21. The molecule has 1 N–H and O–H groups in total. The quantitative estimate of drug-likeness (QED) is 0.755. The van der Waals surface area contributed by atoms with Crippen molar-refractivity contribution in [2.45, 2.75) is 19.3 Å². The van der Waals surface area contributed by atoms with Crippen molar-refractivity contribution in [2.24, 2.45) is 0 Å². The minimum atomic E-state index is 0.669. The summed E-state index contributed by atoms with van der Waals surface area (Å²) in [5.74, 6) is 0.686. The molecule has 0 aromatic heterocycles. The molecule has 3 heteroatoms. The summed E-state index contributed by atoms with van der Waals surface area (Å²) >= 11 is 0. The highest BCUT2D eigenvalue weighted by atomic mass is 15.2. The Bertz CT molecular complexity index is 400. The van der Waals surface area contributed by atoms with Gasteiger partial charge in [0.1, 0.15) is 5.84 Å². The van der Waals surface area contributed by atoms with Crippen LogP contribution in [0.1, 0.15) is 24.8 Å². The minimum Gasteiger partial charge on any atom is -0.330 e. The maximum absolute atomic E-state index is 8.68. The number of nitriles is 1. The van der Waals surface area contributed by atoms with Gasteiger partial charge in [0.2, 0.25) is 0 Å². The number of piperidine rings is 1. The second-order valence-corrected chi connectivity index (χ2v) is 3.71. The van der Waals surface area contributed by atoms with Crippen molar-refractivity contribution in [1.82, 2.24) is 0 Å². The van der Waals surface area contributed by atoms with Crippen molar-refractivity contribution in [2.75, 3.05) is 11.4 Å². The third-order valence-electron chi connectivity index (χ3n) is 2.68. The van der Waals surface area contributed by atoms with Crippen molar-refractivity contribution < 1.29 is 0 Å². The summed E-state index contributed by atoms with van der Waals surface area (Å²) in [5, 5.41) is 16.5. The lowest BCUT2D eigenvalue weighted by molar-refractivity contribution is 0.707. The molecule has 1 aromatic carbocycles. The van der Waals surface area contributed by atoms with Gasteiger partial charge in [-0.1, -0.05) is 0 Å². The van der Waals surface area contributed by atoms with E-state index >= 15 is 0 Å². The first kappa shape index (κ1) is 9.72. The van der Waals surface area contributed by atoms with E-state index in [2.05, 4.69) is 6.07 Å². The fourth-order valence-electron chi connectivity index (χ4n) is 1.83. The van der Waals surface area contributed by atoms with Crippen LogP contribution in [0, 0.1) is 16.7 Å². The summed E-state index contributed by atoms with van der Waals surface area (Å²) in [6.45, 7) is 0.921. The Kier molecular flexibility index (Phi) is 2.68. The highest BCUT2D eigenvalue weighted by Gasteiger charge is 2.15. The average molecular weight is 199 g/mol. The summed E-state index contributed by atoms with van der Waals surface area (Å²) in [5.41, 5.74) is 1.70. The maximum atomic E-state index is 8.68.